The van der Waals surface area contributed by atoms with Gasteiger partial charge in [-0.25, -0.2) is 8.78 Å². The molecule has 5 rings (SSSR count). The summed E-state index contributed by atoms with van der Waals surface area (Å²) in [7, 11) is 1.47. The second-order valence-electron chi connectivity index (χ2n) is 9.31. The number of carbonyl (C=O) groups is 1. The molecule has 9 heteroatoms. The van der Waals surface area contributed by atoms with Crippen LogP contribution >= 0.6 is 0 Å². The van der Waals surface area contributed by atoms with E-state index in [4.69, 9.17) is 18.9 Å². The van der Waals surface area contributed by atoms with Crippen molar-refractivity contribution in [1.29, 1.82) is 5.26 Å². The molecule has 2 aromatic carbocycles. The highest BCUT2D eigenvalue weighted by atomic mass is 19.3. The molecule has 35 heavy (non-hydrogen) atoms. The van der Waals surface area contributed by atoms with Crippen molar-refractivity contribution in [2.75, 3.05) is 33.6 Å². The maximum atomic E-state index is 13.3. The van der Waals surface area contributed by atoms with Gasteiger partial charge in [0.1, 0.15) is 18.5 Å². The van der Waals surface area contributed by atoms with E-state index in [2.05, 4.69) is 6.07 Å². The molecule has 2 heterocycles. The van der Waals surface area contributed by atoms with Crippen LogP contribution in [-0.4, -0.2) is 56.4 Å². The van der Waals surface area contributed by atoms with Crippen molar-refractivity contribution in [1.82, 2.24) is 4.90 Å². The monoisotopic (exact) mass is 484 g/mol. The van der Waals surface area contributed by atoms with Crippen LogP contribution in [0.3, 0.4) is 0 Å². The number of alkyl halides is 2. The standard InChI is InChI=1S/C26H26F2N2O5/c1-32-22-10-19(5-6-21(22)33-15-18-11-25(27,28)12-18)24(31)30-8-7-26(23(14-30)34-16-35-26)20-4-2-3-17(9-20)13-29/h2-6,9-10,18,23H,7-8,11-12,14-16H2,1H3. The Bertz CT molecular complexity index is 1160. The van der Waals surface area contributed by atoms with E-state index in [1.165, 1.54) is 7.11 Å². The summed E-state index contributed by atoms with van der Waals surface area (Å²) in [5, 5.41) is 9.27. The Hall–Kier alpha value is -3.22. The van der Waals surface area contributed by atoms with E-state index in [0.717, 1.165) is 5.56 Å². The van der Waals surface area contributed by atoms with Gasteiger partial charge in [0.2, 0.25) is 5.92 Å². The molecule has 2 unspecified atom stereocenters. The van der Waals surface area contributed by atoms with Crippen LogP contribution in [0.25, 0.3) is 0 Å². The first kappa shape index (κ1) is 23.5. The molecule has 3 fully saturated rings. The number of carbonyl (C=O) groups excluding carboxylic acids is 1. The molecule has 1 aliphatic carbocycles. The van der Waals surface area contributed by atoms with Crippen LogP contribution in [-0.2, 0) is 15.1 Å². The fraction of sp³-hybridized carbons (Fsp3) is 0.462. The van der Waals surface area contributed by atoms with Gasteiger partial charge in [0.05, 0.1) is 31.9 Å². The molecule has 2 saturated heterocycles. The lowest BCUT2D eigenvalue weighted by Crippen LogP contribution is -2.53. The molecule has 2 atom stereocenters. The summed E-state index contributed by atoms with van der Waals surface area (Å²) in [6.45, 7) is 1.09. The van der Waals surface area contributed by atoms with E-state index in [1.54, 1.807) is 29.2 Å². The minimum Gasteiger partial charge on any atom is -0.493 e. The highest BCUT2D eigenvalue weighted by Gasteiger charge is 2.51. The van der Waals surface area contributed by atoms with Crippen LogP contribution in [0.1, 0.15) is 40.7 Å². The molecule has 0 aromatic heterocycles. The number of halogens is 2. The molecule has 7 nitrogen and oxygen atoms in total. The molecular formula is C26H26F2N2O5. The minimum absolute atomic E-state index is 0.121. The molecule has 0 radical (unpaired) electrons. The van der Waals surface area contributed by atoms with Crippen LogP contribution in [0.2, 0.25) is 0 Å². The molecule has 3 aliphatic rings. The number of piperidine rings is 1. The fourth-order valence-electron chi connectivity index (χ4n) is 5.14. The minimum atomic E-state index is -2.59. The average molecular weight is 484 g/mol. The van der Waals surface area contributed by atoms with Gasteiger partial charge in [-0.1, -0.05) is 12.1 Å². The van der Waals surface area contributed by atoms with Crippen molar-refractivity contribution in [3.8, 4) is 17.6 Å². The van der Waals surface area contributed by atoms with Crippen molar-refractivity contribution in [3.05, 3.63) is 59.2 Å². The van der Waals surface area contributed by atoms with E-state index in [9.17, 15) is 18.8 Å². The number of amides is 1. The number of methoxy groups -OCH3 is 1. The Morgan fingerprint density at radius 2 is 2.06 bits per heavy atom. The predicted molar refractivity (Wildman–Crippen MR) is 120 cm³/mol. The van der Waals surface area contributed by atoms with Gasteiger partial charge in [-0.2, -0.15) is 5.26 Å². The molecule has 2 aromatic rings. The van der Waals surface area contributed by atoms with Gasteiger partial charge in [0.25, 0.3) is 5.91 Å². The molecule has 0 spiro atoms. The third-order valence-corrected chi connectivity index (χ3v) is 7.07. The number of rotatable bonds is 6. The lowest BCUT2D eigenvalue weighted by molar-refractivity contribution is -0.119. The zero-order chi connectivity index (χ0) is 24.6. The Labute approximate surface area is 202 Å². The van der Waals surface area contributed by atoms with E-state index in [1.807, 2.05) is 18.2 Å². The van der Waals surface area contributed by atoms with Crippen molar-refractivity contribution < 1.29 is 32.5 Å². The van der Waals surface area contributed by atoms with Crippen LogP contribution in [0.15, 0.2) is 42.5 Å². The largest absolute Gasteiger partial charge is 0.493 e. The second kappa shape index (κ2) is 9.10. The Kier molecular flexibility index (Phi) is 6.11. The first-order valence-electron chi connectivity index (χ1n) is 11.6. The van der Waals surface area contributed by atoms with Crippen molar-refractivity contribution in [2.24, 2.45) is 5.92 Å². The van der Waals surface area contributed by atoms with E-state index >= 15 is 0 Å². The summed E-state index contributed by atoms with van der Waals surface area (Å²) in [6, 6.07) is 14.4. The number of likely N-dealkylation sites (tertiary alicyclic amines) is 1. The zero-order valence-corrected chi connectivity index (χ0v) is 19.3. The van der Waals surface area contributed by atoms with Gasteiger partial charge in [-0.3, -0.25) is 4.79 Å². The first-order valence-corrected chi connectivity index (χ1v) is 11.6. The zero-order valence-electron chi connectivity index (χ0n) is 19.3. The van der Waals surface area contributed by atoms with E-state index in [-0.39, 0.29) is 44.2 Å². The summed E-state index contributed by atoms with van der Waals surface area (Å²) < 4.78 is 49.1. The molecule has 184 valence electrons. The van der Waals surface area contributed by atoms with Crippen LogP contribution < -0.4 is 9.47 Å². The smallest absolute Gasteiger partial charge is 0.254 e. The summed E-state index contributed by atoms with van der Waals surface area (Å²) >= 11 is 0. The van der Waals surface area contributed by atoms with Crippen LogP contribution in [0, 0.1) is 17.2 Å². The van der Waals surface area contributed by atoms with Gasteiger partial charge < -0.3 is 23.8 Å². The third-order valence-electron chi connectivity index (χ3n) is 7.07. The Morgan fingerprint density at radius 1 is 1.23 bits per heavy atom. The summed E-state index contributed by atoms with van der Waals surface area (Å²) in [6.07, 6.45) is -0.172. The SMILES string of the molecule is COc1cc(C(=O)N2CCC3(c4cccc(C#N)c4)OCOC3C2)ccc1OCC1CC(F)(F)C1. The highest BCUT2D eigenvalue weighted by molar-refractivity contribution is 5.95. The number of benzene rings is 2. The summed E-state index contributed by atoms with van der Waals surface area (Å²) in [5.74, 6) is -2.16. The van der Waals surface area contributed by atoms with Crippen molar-refractivity contribution in [3.63, 3.8) is 0 Å². The molecule has 2 aliphatic heterocycles. The number of hydrogen-bond acceptors (Lipinski definition) is 6. The first-order chi connectivity index (χ1) is 16.8. The average Bonchev–Trinajstić information content (AvgIpc) is 3.30. The van der Waals surface area contributed by atoms with Crippen LogP contribution in [0.5, 0.6) is 11.5 Å². The number of nitriles is 1. The fourth-order valence-corrected chi connectivity index (χ4v) is 5.14. The van der Waals surface area contributed by atoms with Gasteiger partial charge >= 0.3 is 0 Å². The summed E-state index contributed by atoms with van der Waals surface area (Å²) in [5.41, 5.74) is 1.16. The number of fused-ring (bicyclic) bond motifs is 1. The van der Waals surface area contributed by atoms with Crippen molar-refractivity contribution >= 4 is 5.91 Å². The number of hydrogen-bond donors (Lipinski definition) is 0. The predicted octanol–water partition coefficient (Wildman–Crippen LogP) is 4.11. The highest BCUT2D eigenvalue weighted by Crippen LogP contribution is 2.44. The summed E-state index contributed by atoms with van der Waals surface area (Å²) in [4.78, 5) is 15.0. The molecule has 0 bridgehead atoms. The quantitative estimate of drug-likeness (QED) is 0.614. The lowest BCUT2D eigenvalue weighted by Gasteiger charge is -2.42. The van der Waals surface area contributed by atoms with E-state index < -0.39 is 11.5 Å². The normalized spacial score (nSPS) is 25.3. The molecule has 1 amide bonds. The maximum absolute atomic E-state index is 13.3. The van der Waals surface area contributed by atoms with Gasteiger partial charge in [-0.15, -0.1) is 0 Å². The Morgan fingerprint density at radius 3 is 2.80 bits per heavy atom. The maximum Gasteiger partial charge on any atom is 0.254 e. The van der Waals surface area contributed by atoms with E-state index in [0.29, 0.717) is 42.1 Å². The third kappa shape index (κ3) is 4.44. The van der Waals surface area contributed by atoms with Gasteiger partial charge in [0.15, 0.2) is 11.5 Å². The molecule has 1 saturated carbocycles. The molecule has 0 N–H and O–H groups in total. The lowest BCUT2D eigenvalue weighted by atomic mass is 9.81. The number of nitrogens with zero attached hydrogens (tertiary/aromatic N) is 2. The second-order valence-corrected chi connectivity index (χ2v) is 9.31. The molecular weight excluding hydrogens is 458 g/mol. The van der Waals surface area contributed by atoms with Crippen molar-refractivity contribution in [2.45, 2.75) is 36.9 Å². The number of ether oxygens (including phenoxy) is 4. The topological polar surface area (TPSA) is 81.0 Å². The van der Waals surface area contributed by atoms with Crippen LogP contribution in [0.4, 0.5) is 8.78 Å². The van der Waals surface area contributed by atoms with Gasteiger partial charge in [-0.05, 0) is 35.9 Å². The van der Waals surface area contributed by atoms with Gasteiger partial charge in [0, 0.05) is 37.3 Å². The Balaban J connectivity index is 1.27.